The van der Waals surface area contributed by atoms with E-state index in [1.165, 1.54) is 0 Å². The first-order chi connectivity index (χ1) is 9.99. The molecular formula is C15H31NO4S. The average molecular weight is 321 g/mol. The lowest BCUT2D eigenvalue weighted by Crippen LogP contribution is -2.55. The summed E-state index contributed by atoms with van der Waals surface area (Å²) in [5.74, 6) is 0.493. The van der Waals surface area contributed by atoms with Gasteiger partial charge < -0.3 is 14.8 Å². The molecule has 0 amide bonds. The molecule has 0 radical (unpaired) electrons. The summed E-state index contributed by atoms with van der Waals surface area (Å²) >= 11 is 0. The number of rotatable bonds is 10. The van der Waals surface area contributed by atoms with Gasteiger partial charge in [-0.15, -0.1) is 0 Å². The molecule has 1 rings (SSSR count). The summed E-state index contributed by atoms with van der Waals surface area (Å²) in [6, 6.07) is 0.193. The molecule has 126 valence electrons. The van der Waals surface area contributed by atoms with Crippen LogP contribution in [-0.4, -0.2) is 57.9 Å². The number of likely N-dealkylation sites (N-methyl/N-ethyl adjacent to an activating group) is 1. The Morgan fingerprint density at radius 1 is 1.24 bits per heavy atom. The fourth-order valence-corrected chi connectivity index (χ4v) is 3.94. The molecule has 0 bridgehead atoms. The first-order valence-corrected chi connectivity index (χ1v) is 9.97. The van der Waals surface area contributed by atoms with Crippen LogP contribution in [0, 0.1) is 0 Å². The molecule has 5 nitrogen and oxygen atoms in total. The second kappa shape index (κ2) is 9.08. The van der Waals surface area contributed by atoms with Crippen molar-refractivity contribution in [2.75, 3.05) is 37.9 Å². The van der Waals surface area contributed by atoms with Crippen molar-refractivity contribution >= 4 is 9.84 Å². The fourth-order valence-electron chi connectivity index (χ4n) is 3.05. The number of ether oxygens (including phenoxy) is 2. The fraction of sp³-hybridized carbons (Fsp3) is 1.00. The Kier molecular flexibility index (Phi) is 8.16. The van der Waals surface area contributed by atoms with Gasteiger partial charge in [-0.1, -0.05) is 13.8 Å². The molecule has 1 aliphatic heterocycles. The van der Waals surface area contributed by atoms with Gasteiger partial charge in [-0.2, -0.15) is 0 Å². The summed E-state index contributed by atoms with van der Waals surface area (Å²) in [5, 5.41) is 3.51. The van der Waals surface area contributed by atoms with E-state index in [1.54, 1.807) is 6.92 Å². The van der Waals surface area contributed by atoms with Gasteiger partial charge in [0.1, 0.15) is 9.84 Å². The topological polar surface area (TPSA) is 64.6 Å². The second-order valence-electron chi connectivity index (χ2n) is 5.60. The van der Waals surface area contributed by atoms with Crippen LogP contribution in [0.25, 0.3) is 0 Å². The lowest BCUT2D eigenvalue weighted by Gasteiger charge is -2.43. The van der Waals surface area contributed by atoms with Crippen molar-refractivity contribution in [2.24, 2.45) is 0 Å². The molecule has 1 saturated heterocycles. The molecule has 21 heavy (non-hydrogen) atoms. The van der Waals surface area contributed by atoms with Crippen LogP contribution in [0.15, 0.2) is 0 Å². The quantitative estimate of drug-likeness (QED) is 0.664. The van der Waals surface area contributed by atoms with E-state index in [-0.39, 0.29) is 23.1 Å². The van der Waals surface area contributed by atoms with Crippen LogP contribution in [0.4, 0.5) is 0 Å². The summed E-state index contributed by atoms with van der Waals surface area (Å²) in [7, 11) is -2.89. The first-order valence-electron chi connectivity index (χ1n) is 8.15. The van der Waals surface area contributed by atoms with Gasteiger partial charge in [0.25, 0.3) is 0 Å². The lowest BCUT2D eigenvalue weighted by atomic mass is 9.83. The minimum absolute atomic E-state index is 0.193. The number of hydrogen-bond donors (Lipinski definition) is 1. The van der Waals surface area contributed by atoms with E-state index in [9.17, 15) is 8.42 Å². The molecule has 0 aromatic carbocycles. The molecule has 0 aromatic heterocycles. The van der Waals surface area contributed by atoms with E-state index in [2.05, 4.69) is 12.2 Å². The highest BCUT2D eigenvalue weighted by Crippen LogP contribution is 2.31. The highest BCUT2D eigenvalue weighted by atomic mass is 32.2. The summed E-state index contributed by atoms with van der Waals surface area (Å²) in [6.07, 6.45) is 3.26. The van der Waals surface area contributed by atoms with Gasteiger partial charge in [0, 0.05) is 44.5 Å². The van der Waals surface area contributed by atoms with Crippen molar-refractivity contribution in [3.05, 3.63) is 0 Å². The maximum absolute atomic E-state index is 11.6. The Morgan fingerprint density at radius 3 is 2.43 bits per heavy atom. The predicted molar refractivity (Wildman–Crippen MR) is 85.4 cm³/mol. The zero-order valence-corrected chi connectivity index (χ0v) is 14.5. The molecule has 1 aliphatic rings. The SMILES string of the molecule is CCNC(CCCS(=O)(=O)CC)C1(OCC)CCOCC1. The van der Waals surface area contributed by atoms with Crippen LogP contribution >= 0.6 is 0 Å². The summed E-state index contributed by atoms with van der Waals surface area (Å²) in [5.41, 5.74) is -0.209. The van der Waals surface area contributed by atoms with Crippen molar-refractivity contribution in [1.82, 2.24) is 5.32 Å². The van der Waals surface area contributed by atoms with E-state index < -0.39 is 9.84 Å². The van der Waals surface area contributed by atoms with Crippen LogP contribution in [0.3, 0.4) is 0 Å². The number of nitrogens with one attached hydrogen (secondary N) is 1. The van der Waals surface area contributed by atoms with Crippen molar-refractivity contribution in [1.29, 1.82) is 0 Å². The molecule has 1 N–H and O–H groups in total. The molecule has 1 fully saturated rings. The van der Waals surface area contributed by atoms with E-state index >= 15 is 0 Å². The Morgan fingerprint density at radius 2 is 1.90 bits per heavy atom. The normalized spacial score (nSPS) is 20.3. The smallest absolute Gasteiger partial charge is 0.150 e. The predicted octanol–water partition coefficient (Wildman–Crippen LogP) is 1.77. The highest BCUT2D eigenvalue weighted by Gasteiger charge is 2.40. The van der Waals surface area contributed by atoms with Gasteiger partial charge in [0.2, 0.25) is 0 Å². The Hall–Kier alpha value is -0.170. The van der Waals surface area contributed by atoms with E-state index in [0.29, 0.717) is 13.0 Å². The minimum atomic E-state index is -2.89. The van der Waals surface area contributed by atoms with E-state index in [1.807, 2.05) is 6.92 Å². The third-order valence-corrected chi connectivity index (χ3v) is 6.03. The monoisotopic (exact) mass is 321 g/mol. The van der Waals surface area contributed by atoms with Crippen molar-refractivity contribution in [3.8, 4) is 0 Å². The molecule has 0 aromatic rings. The summed E-state index contributed by atoms with van der Waals surface area (Å²) in [6.45, 7) is 8.77. The Balaban J connectivity index is 2.68. The minimum Gasteiger partial charge on any atom is -0.381 e. The average Bonchev–Trinajstić information content (AvgIpc) is 2.47. The molecule has 0 aliphatic carbocycles. The highest BCUT2D eigenvalue weighted by molar-refractivity contribution is 7.91. The molecule has 0 spiro atoms. The molecule has 1 unspecified atom stereocenters. The maximum atomic E-state index is 11.6. The van der Waals surface area contributed by atoms with Gasteiger partial charge in [-0.05, 0) is 26.3 Å². The third kappa shape index (κ3) is 5.85. The van der Waals surface area contributed by atoms with Crippen molar-refractivity contribution < 1.29 is 17.9 Å². The van der Waals surface area contributed by atoms with Crippen LogP contribution in [0.2, 0.25) is 0 Å². The van der Waals surface area contributed by atoms with E-state index in [0.717, 1.165) is 39.0 Å². The van der Waals surface area contributed by atoms with Gasteiger partial charge in [0.15, 0.2) is 0 Å². The van der Waals surface area contributed by atoms with Crippen LogP contribution in [0.5, 0.6) is 0 Å². The molecule has 0 saturated carbocycles. The Labute approximate surface area is 129 Å². The molecule has 1 atom stereocenters. The van der Waals surface area contributed by atoms with Gasteiger partial charge in [0.05, 0.1) is 11.4 Å². The lowest BCUT2D eigenvalue weighted by molar-refractivity contribution is -0.127. The standard InChI is InChI=1S/C15H31NO4S/c1-4-16-14(8-7-13-21(17,18)6-3)15(20-5-2)9-11-19-12-10-15/h14,16H,4-13H2,1-3H3. The van der Waals surface area contributed by atoms with Crippen molar-refractivity contribution in [3.63, 3.8) is 0 Å². The molecule has 6 heteroatoms. The van der Waals surface area contributed by atoms with Gasteiger partial charge in [-0.25, -0.2) is 8.42 Å². The Bertz CT molecular complexity index is 372. The number of sulfone groups is 1. The molecular weight excluding hydrogens is 290 g/mol. The first kappa shape index (κ1) is 18.9. The molecule has 1 heterocycles. The second-order valence-corrected chi connectivity index (χ2v) is 8.07. The summed E-state index contributed by atoms with van der Waals surface area (Å²) < 4.78 is 34.9. The van der Waals surface area contributed by atoms with Crippen LogP contribution in [-0.2, 0) is 19.3 Å². The van der Waals surface area contributed by atoms with Crippen molar-refractivity contribution in [2.45, 2.75) is 58.1 Å². The maximum Gasteiger partial charge on any atom is 0.150 e. The number of hydrogen-bond acceptors (Lipinski definition) is 5. The summed E-state index contributed by atoms with van der Waals surface area (Å²) in [4.78, 5) is 0. The van der Waals surface area contributed by atoms with Crippen LogP contribution < -0.4 is 5.32 Å². The largest absolute Gasteiger partial charge is 0.381 e. The van der Waals surface area contributed by atoms with Crippen LogP contribution in [0.1, 0.15) is 46.5 Å². The van der Waals surface area contributed by atoms with Gasteiger partial charge >= 0.3 is 0 Å². The third-order valence-electron chi connectivity index (χ3n) is 4.24. The van der Waals surface area contributed by atoms with E-state index in [4.69, 9.17) is 9.47 Å². The zero-order chi connectivity index (χ0) is 15.8. The zero-order valence-electron chi connectivity index (χ0n) is 13.7. The van der Waals surface area contributed by atoms with Gasteiger partial charge in [-0.3, -0.25) is 0 Å².